The predicted molar refractivity (Wildman–Crippen MR) is 105 cm³/mol. The lowest BCUT2D eigenvalue weighted by atomic mass is 10.1. The third-order valence-electron chi connectivity index (χ3n) is 3.47. The summed E-state index contributed by atoms with van der Waals surface area (Å²) in [6, 6.07) is 6.57. The molecular weight excluding hydrogens is 348 g/mol. The molecule has 0 saturated heterocycles. The fraction of sp³-hybridized carbons (Fsp3) is 0.263. The summed E-state index contributed by atoms with van der Waals surface area (Å²) in [4.78, 5) is 14.4. The molecule has 0 aliphatic heterocycles. The van der Waals surface area contributed by atoms with Crippen LogP contribution in [0.3, 0.4) is 0 Å². The molecule has 142 valence electrons. The number of allylic oxidation sites excluding steroid dienone is 1. The average Bonchev–Trinajstić information content (AvgIpc) is 2.65. The number of nitro groups is 1. The highest BCUT2D eigenvalue weighted by Crippen LogP contribution is 2.33. The highest BCUT2D eigenvalue weighted by Gasteiger charge is 2.14. The van der Waals surface area contributed by atoms with Gasteiger partial charge >= 0.3 is 5.69 Å². The fourth-order valence-corrected chi connectivity index (χ4v) is 2.43. The van der Waals surface area contributed by atoms with Crippen LogP contribution >= 0.6 is 0 Å². The smallest absolute Gasteiger partial charge is 0.313 e. The molecule has 1 aromatic heterocycles. The number of ether oxygens (including phenoxy) is 2. The van der Waals surface area contributed by atoms with Crippen LogP contribution in [0.1, 0.15) is 25.0 Å². The zero-order valence-corrected chi connectivity index (χ0v) is 15.3. The number of nitrogens with one attached hydrogen (secondary N) is 1. The first-order valence-corrected chi connectivity index (χ1v) is 8.52. The van der Waals surface area contributed by atoms with Gasteiger partial charge in [0.2, 0.25) is 5.82 Å². The Hall–Kier alpha value is -3.42. The number of rotatable bonds is 10. The van der Waals surface area contributed by atoms with Crippen LogP contribution in [0.5, 0.6) is 11.5 Å². The van der Waals surface area contributed by atoms with Crippen molar-refractivity contribution in [3.8, 4) is 11.5 Å². The molecule has 0 spiro atoms. The minimum Gasteiger partial charge on any atom is -0.490 e. The van der Waals surface area contributed by atoms with Gasteiger partial charge in [-0.05, 0) is 44.0 Å². The van der Waals surface area contributed by atoms with E-state index in [0.29, 0.717) is 31.1 Å². The summed E-state index contributed by atoms with van der Waals surface area (Å²) in [5.74, 6) is 1.37. The average molecular weight is 370 g/mol. The number of benzene rings is 1. The Morgan fingerprint density at radius 2 is 2.11 bits per heavy atom. The molecule has 2 aromatic rings. The molecule has 1 aromatic carbocycles. The molecule has 0 aliphatic rings. The van der Waals surface area contributed by atoms with Gasteiger partial charge in [0.15, 0.2) is 11.5 Å². The van der Waals surface area contributed by atoms with E-state index in [4.69, 9.17) is 9.47 Å². The van der Waals surface area contributed by atoms with Gasteiger partial charge in [0.25, 0.3) is 0 Å². The normalized spacial score (nSPS) is 10.6. The first-order valence-electron chi connectivity index (χ1n) is 8.52. The van der Waals surface area contributed by atoms with E-state index in [2.05, 4.69) is 22.1 Å². The van der Waals surface area contributed by atoms with Crippen LogP contribution in [0.25, 0.3) is 0 Å². The van der Waals surface area contributed by atoms with Crippen LogP contribution < -0.4 is 14.9 Å². The van der Waals surface area contributed by atoms with E-state index < -0.39 is 4.92 Å². The van der Waals surface area contributed by atoms with Gasteiger partial charge in [-0.3, -0.25) is 15.5 Å². The minimum atomic E-state index is -0.517. The molecule has 1 N–H and O–H groups in total. The van der Waals surface area contributed by atoms with E-state index in [9.17, 15) is 10.1 Å². The van der Waals surface area contributed by atoms with Gasteiger partial charge in [-0.2, -0.15) is 5.10 Å². The molecule has 0 atom stereocenters. The number of aromatic nitrogens is 1. The lowest BCUT2D eigenvalue weighted by molar-refractivity contribution is -0.384. The van der Waals surface area contributed by atoms with Crippen molar-refractivity contribution in [1.82, 2.24) is 4.98 Å². The Morgan fingerprint density at radius 3 is 2.78 bits per heavy atom. The number of hydrazone groups is 1. The summed E-state index contributed by atoms with van der Waals surface area (Å²) in [6.07, 6.45) is 5.39. The first kappa shape index (κ1) is 19.9. The third kappa shape index (κ3) is 5.27. The quantitative estimate of drug-likeness (QED) is 0.294. The van der Waals surface area contributed by atoms with E-state index in [1.165, 1.54) is 18.3 Å². The number of hydrogen-bond donors (Lipinski definition) is 1. The zero-order chi connectivity index (χ0) is 19.6. The van der Waals surface area contributed by atoms with Crippen LogP contribution in [0.2, 0.25) is 0 Å². The molecule has 8 nitrogen and oxygen atoms in total. The minimum absolute atomic E-state index is 0.0704. The molecule has 0 bridgehead atoms. The number of hydrogen-bond acceptors (Lipinski definition) is 7. The SMILES string of the molecule is C=CCc1cc(/C=N\Nc2ncccc2[N+](=O)[O-])cc(OCC)c1OCC. The van der Waals surface area contributed by atoms with E-state index in [0.717, 1.165) is 11.1 Å². The van der Waals surface area contributed by atoms with Crippen LogP contribution in [-0.4, -0.2) is 29.3 Å². The van der Waals surface area contributed by atoms with Crippen molar-refractivity contribution in [3.05, 3.63) is 64.4 Å². The molecule has 27 heavy (non-hydrogen) atoms. The molecule has 0 fully saturated rings. The van der Waals surface area contributed by atoms with Crippen LogP contribution in [-0.2, 0) is 6.42 Å². The van der Waals surface area contributed by atoms with Crippen molar-refractivity contribution in [2.45, 2.75) is 20.3 Å². The van der Waals surface area contributed by atoms with Crippen LogP contribution in [0.4, 0.5) is 11.5 Å². The summed E-state index contributed by atoms with van der Waals surface area (Å²) >= 11 is 0. The summed E-state index contributed by atoms with van der Waals surface area (Å²) in [7, 11) is 0. The van der Waals surface area contributed by atoms with Gasteiger partial charge in [-0.1, -0.05) is 6.08 Å². The van der Waals surface area contributed by atoms with E-state index >= 15 is 0 Å². The van der Waals surface area contributed by atoms with Crippen molar-refractivity contribution in [1.29, 1.82) is 0 Å². The highest BCUT2D eigenvalue weighted by molar-refractivity contribution is 5.82. The molecule has 0 amide bonds. The Bertz CT molecular complexity index is 836. The maximum atomic E-state index is 11.0. The lowest BCUT2D eigenvalue weighted by Gasteiger charge is -2.15. The van der Waals surface area contributed by atoms with Gasteiger partial charge in [0.1, 0.15) is 0 Å². The Labute approximate surface area is 157 Å². The Balaban J connectivity index is 2.31. The first-order chi connectivity index (χ1) is 13.1. The van der Waals surface area contributed by atoms with Crippen LogP contribution in [0.15, 0.2) is 48.2 Å². The predicted octanol–water partition coefficient (Wildman–Crippen LogP) is 3.96. The fourth-order valence-electron chi connectivity index (χ4n) is 2.43. The molecule has 1 heterocycles. The number of anilines is 1. The molecule has 0 unspecified atom stereocenters. The van der Waals surface area contributed by atoms with E-state index in [1.54, 1.807) is 18.4 Å². The molecule has 0 saturated carbocycles. The monoisotopic (exact) mass is 370 g/mol. The van der Waals surface area contributed by atoms with Crippen molar-refractivity contribution in [2.24, 2.45) is 5.10 Å². The second-order valence-corrected chi connectivity index (χ2v) is 5.36. The number of pyridine rings is 1. The van der Waals surface area contributed by atoms with Crippen molar-refractivity contribution < 1.29 is 14.4 Å². The second kappa shape index (κ2) is 9.91. The standard InChI is InChI=1S/C19H22N4O4/c1-4-8-15-11-14(12-17(26-5-2)18(15)27-6-3)13-21-22-19-16(23(24)25)9-7-10-20-19/h4,7,9-13H,1,5-6,8H2,2-3H3,(H,20,22)/b21-13-. The topological polar surface area (TPSA) is 98.9 Å². The largest absolute Gasteiger partial charge is 0.490 e. The van der Waals surface area contributed by atoms with E-state index in [-0.39, 0.29) is 11.5 Å². The maximum Gasteiger partial charge on any atom is 0.313 e. The van der Waals surface area contributed by atoms with Gasteiger partial charge in [0.05, 0.1) is 24.4 Å². The lowest BCUT2D eigenvalue weighted by Crippen LogP contribution is -2.03. The van der Waals surface area contributed by atoms with E-state index in [1.807, 2.05) is 19.9 Å². The third-order valence-corrected chi connectivity index (χ3v) is 3.47. The van der Waals surface area contributed by atoms with Gasteiger partial charge in [0, 0.05) is 17.8 Å². The van der Waals surface area contributed by atoms with Crippen molar-refractivity contribution in [2.75, 3.05) is 18.6 Å². The Kier molecular flexibility index (Phi) is 7.30. The number of nitrogens with zero attached hydrogens (tertiary/aromatic N) is 3. The molecule has 0 aliphatic carbocycles. The molecule has 0 radical (unpaired) electrons. The molecule has 8 heteroatoms. The van der Waals surface area contributed by atoms with Gasteiger partial charge in [-0.15, -0.1) is 6.58 Å². The summed E-state index contributed by atoms with van der Waals surface area (Å²) in [5, 5.41) is 15.1. The van der Waals surface area contributed by atoms with Gasteiger partial charge in [-0.25, -0.2) is 4.98 Å². The maximum absolute atomic E-state index is 11.0. The Morgan fingerprint density at radius 1 is 1.33 bits per heavy atom. The second-order valence-electron chi connectivity index (χ2n) is 5.36. The van der Waals surface area contributed by atoms with Gasteiger partial charge < -0.3 is 9.47 Å². The van der Waals surface area contributed by atoms with Crippen molar-refractivity contribution >= 4 is 17.7 Å². The summed E-state index contributed by atoms with van der Waals surface area (Å²) < 4.78 is 11.4. The summed E-state index contributed by atoms with van der Waals surface area (Å²) in [6.45, 7) is 8.59. The molecular formula is C19H22N4O4. The highest BCUT2D eigenvalue weighted by atomic mass is 16.6. The van der Waals surface area contributed by atoms with Crippen molar-refractivity contribution in [3.63, 3.8) is 0 Å². The van der Waals surface area contributed by atoms with Crippen LogP contribution in [0, 0.1) is 10.1 Å². The zero-order valence-electron chi connectivity index (χ0n) is 15.3. The summed E-state index contributed by atoms with van der Waals surface area (Å²) in [5.41, 5.74) is 4.13. The molecule has 2 rings (SSSR count).